The number of benzene rings is 1. The molecule has 3 rings (SSSR count). The number of likely N-dealkylation sites (tertiary alicyclic amines) is 1. The fraction of sp³-hybridized carbons (Fsp3) is 0.632. The summed E-state index contributed by atoms with van der Waals surface area (Å²) in [7, 11) is 0. The number of nitrogens with one attached hydrogen (secondary N) is 1. The lowest BCUT2D eigenvalue weighted by Gasteiger charge is -2.32. The van der Waals surface area contributed by atoms with Crippen LogP contribution < -0.4 is 5.32 Å². The number of halogens is 2. The van der Waals surface area contributed by atoms with Crippen LogP contribution in [0.3, 0.4) is 0 Å². The fourth-order valence-corrected chi connectivity index (χ4v) is 3.81. The highest BCUT2D eigenvalue weighted by molar-refractivity contribution is 14.0. The van der Waals surface area contributed by atoms with Crippen molar-refractivity contribution in [3.8, 4) is 0 Å². The zero-order valence-corrected chi connectivity index (χ0v) is 18.6. The fourth-order valence-electron chi connectivity index (χ4n) is 3.58. The first kappa shape index (κ1) is 21.7. The Morgan fingerprint density at radius 2 is 2.04 bits per heavy atom. The van der Waals surface area contributed by atoms with Crippen molar-refractivity contribution < 1.29 is 4.74 Å². The molecule has 2 saturated heterocycles. The monoisotopic (exact) mass is 492 g/mol. The number of morpholine rings is 1. The van der Waals surface area contributed by atoms with Crippen molar-refractivity contribution in [3.63, 3.8) is 0 Å². The molecule has 1 aromatic rings. The number of ether oxygens (including phenoxy) is 1. The van der Waals surface area contributed by atoms with Crippen LogP contribution in [0.4, 0.5) is 0 Å². The van der Waals surface area contributed by atoms with E-state index in [1.54, 1.807) is 0 Å². The van der Waals surface area contributed by atoms with Gasteiger partial charge in [-0.3, -0.25) is 9.89 Å². The van der Waals surface area contributed by atoms with Gasteiger partial charge in [0.25, 0.3) is 0 Å². The van der Waals surface area contributed by atoms with E-state index in [1.165, 1.54) is 6.42 Å². The smallest absolute Gasteiger partial charge is 0.193 e. The van der Waals surface area contributed by atoms with Gasteiger partial charge in [0.05, 0.1) is 13.2 Å². The molecule has 1 N–H and O–H groups in total. The second-order valence-corrected chi connectivity index (χ2v) is 7.02. The van der Waals surface area contributed by atoms with Crippen LogP contribution in [0.15, 0.2) is 29.3 Å². The molecule has 146 valence electrons. The molecule has 1 atom stereocenters. The van der Waals surface area contributed by atoms with E-state index in [0.29, 0.717) is 6.04 Å². The van der Waals surface area contributed by atoms with Crippen LogP contribution in [0.5, 0.6) is 0 Å². The van der Waals surface area contributed by atoms with Crippen molar-refractivity contribution >= 4 is 41.5 Å². The Bertz CT molecular complexity index is 580. The number of hydrogen-bond donors (Lipinski definition) is 1. The molecule has 2 aliphatic rings. The highest BCUT2D eigenvalue weighted by Crippen LogP contribution is 2.18. The van der Waals surface area contributed by atoms with Gasteiger partial charge in [0, 0.05) is 50.3 Å². The van der Waals surface area contributed by atoms with Gasteiger partial charge in [-0.25, -0.2) is 0 Å². The predicted octanol–water partition coefficient (Wildman–Crippen LogP) is 2.87. The standard InChI is InChI=1S/C19H29ClN4O.HI/c1-2-21-19(22-9-7-16-5-3-4-6-18(16)20)24-10-8-17(15-24)23-11-13-25-14-12-23;/h3-6,17H,2,7-15H2,1H3,(H,21,22);1H. The molecule has 0 saturated carbocycles. The highest BCUT2D eigenvalue weighted by atomic mass is 127. The van der Waals surface area contributed by atoms with Crippen LogP contribution in [-0.4, -0.2) is 74.3 Å². The van der Waals surface area contributed by atoms with Gasteiger partial charge < -0.3 is 15.0 Å². The summed E-state index contributed by atoms with van der Waals surface area (Å²) in [6, 6.07) is 8.64. The molecule has 0 amide bonds. The van der Waals surface area contributed by atoms with Gasteiger partial charge in [-0.2, -0.15) is 0 Å². The van der Waals surface area contributed by atoms with Crippen LogP contribution in [0, 0.1) is 0 Å². The molecule has 0 bridgehead atoms. The molecule has 0 spiro atoms. The maximum Gasteiger partial charge on any atom is 0.193 e. The van der Waals surface area contributed by atoms with Crippen LogP contribution in [0.2, 0.25) is 5.02 Å². The Labute approximate surface area is 179 Å². The highest BCUT2D eigenvalue weighted by Gasteiger charge is 2.30. The van der Waals surface area contributed by atoms with E-state index < -0.39 is 0 Å². The predicted molar refractivity (Wildman–Crippen MR) is 119 cm³/mol. The molecule has 2 fully saturated rings. The van der Waals surface area contributed by atoms with Gasteiger partial charge in [0.2, 0.25) is 0 Å². The van der Waals surface area contributed by atoms with E-state index in [-0.39, 0.29) is 24.0 Å². The molecule has 1 unspecified atom stereocenters. The Morgan fingerprint density at radius 1 is 1.27 bits per heavy atom. The average Bonchev–Trinajstić information content (AvgIpc) is 3.13. The van der Waals surface area contributed by atoms with Crippen molar-refractivity contribution in [3.05, 3.63) is 34.9 Å². The minimum atomic E-state index is 0. The third kappa shape index (κ3) is 5.97. The number of nitrogens with zero attached hydrogens (tertiary/aromatic N) is 3. The van der Waals surface area contributed by atoms with Crippen molar-refractivity contribution in [1.82, 2.24) is 15.1 Å². The van der Waals surface area contributed by atoms with Crippen molar-refractivity contribution in [2.45, 2.75) is 25.8 Å². The van der Waals surface area contributed by atoms with Gasteiger partial charge in [-0.15, -0.1) is 24.0 Å². The van der Waals surface area contributed by atoms with Gasteiger partial charge in [-0.1, -0.05) is 29.8 Å². The first-order chi connectivity index (χ1) is 12.3. The lowest BCUT2D eigenvalue weighted by molar-refractivity contribution is 0.0195. The lowest BCUT2D eigenvalue weighted by Crippen LogP contribution is -2.46. The molecule has 2 heterocycles. The normalized spacial score (nSPS) is 21.5. The molecule has 7 heteroatoms. The van der Waals surface area contributed by atoms with Gasteiger partial charge in [-0.05, 0) is 31.4 Å². The quantitative estimate of drug-likeness (QED) is 0.390. The summed E-state index contributed by atoms with van der Waals surface area (Å²) in [6.45, 7) is 9.73. The molecule has 0 aromatic heterocycles. The summed E-state index contributed by atoms with van der Waals surface area (Å²) < 4.78 is 5.47. The summed E-state index contributed by atoms with van der Waals surface area (Å²) in [6.07, 6.45) is 2.07. The van der Waals surface area contributed by atoms with Crippen LogP contribution >= 0.6 is 35.6 Å². The minimum absolute atomic E-state index is 0. The summed E-state index contributed by atoms with van der Waals surface area (Å²) >= 11 is 6.24. The molecular formula is C19H30ClIN4O. The van der Waals surface area contributed by atoms with Crippen LogP contribution in [0.25, 0.3) is 0 Å². The van der Waals surface area contributed by atoms with E-state index in [2.05, 4.69) is 28.1 Å². The molecule has 5 nitrogen and oxygen atoms in total. The molecular weight excluding hydrogens is 463 g/mol. The Balaban J connectivity index is 0.00000243. The summed E-state index contributed by atoms with van der Waals surface area (Å²) in [5.41, 5.74) is 1.16. The third-order valence-electron chi connectivity index (χ3n) is 4.96. The molecule has 26 heavy (non-hydrogen) atoms. The number of hydrogen-bond acceptors (Lipinski definition) is 3. The second-order valence-electron chi connectivity index (χ2n) is 6.61. The lowest BCUT2D eigenvalue weighted by atomic mass is 10.1. The minimum Gasteiger partial charge on any atom is -0.379 e. The van der Waals surface area contributed by atoms with E-state index in [0.717, 1.165) is 75.4 Å². The largest absolute Gasteiger partial charge is 0.379 e. The number of aliphatic imine (C=N–C) groups is 1. The van der Waals surface area contributed by atoms with Gasteiger partial charge in [0.1, 0.15) is 0 Å². The molecule has 1 aromatic carbocycles. The third-order valence-corrected chi connectivity index (χ3v) is 5.33. The van der Waals surface area contributed by atoms with Crippen LogP contribution in [-0.2, 0) is 11.2 Å². The summed E-state index contributed by atoms with van der Waals surface area (Å²) in [5, 5.41) is 4.28. The second kappa shape index (κ2) is 11.3. The molecule has 0 radical (unpaired) electrons. The van der Waals surface area contributed by atoms with Gasteiger partial charge in [0.15, 0.2) is 5.96 Å². The molecule has 0 aliphatic carbocycles. The Hall–Kier alpha value is -0.570. The van der Waals surface area contributed by atoms with E-state index in [1.807, 2.05) is 18.2 Å². The number of rotatable bonds is 5. The number of guanidine groups is 1. The zero-order chi connectivity index (χ0) is 17.5. The maximum absolute atomic E-state index is 6.24. The summed E-state index contributed by atoms with van der Waals surface area (Å²) in [4.78, 5) is 9.81. The van der Waals surface area contributed by atoms with E-state index >= 15 is 0 Å². The summed E-state index contributed by atoms with van der Waals surface area (Å²) in [5.74, 6) is 1.03. The SMILES string of the molecule is CCNC(=NCCc1ccccc1Cl)N1CCC(N2CCOCC2)C1.I. The van der Waals surface area contributed by atoms with Crippen molar-refractivity contribution in [2.24, 2.45) is 4.99 Å². The average molecular weight is 493 g/mol. The Morgan fingerprint density at radius 3 is 2.77 bits per heavy atom. The van der Waals surface area contributed by atoms with E-state index in [9.17, 15) is 0 Å². The van der Waals surface area contributed by atoms with E-state index in [4.69, 9.17) is 21.3 Å². The first-order valence-electron chi connectivity index (χ1n) is 9.36. The van der Waals surface area contributed by atoms with Crippen molar-refractivity contribution in [1.29, 1.82) is 0 Å². The van der Waals surface area contributed by atoms with Crippen LogP contribution in [0.1, 0.15) is 18.9 Å². The Kier molecular flexibility index (Phi) is 9.45. The topological polar surface area (TPSA) is 40.1 Å². The first-order valence-corrected chi connectivity index (χ1v) is 9.74. The zero-order valence-electron chi connectivity index (χ0n) is 15.5. The molecule has 2 aliphatic heterocycles. The maximum atomic E-state index is 6.24. The van der Waals surface area contributed by atoms with Gasteiger partial charge >= 0.3 is 0 Å². The van der Waals surface area contributed by atoms with Crippen molar-refractivity contribution in [2.75, 3.05) is 52.5 Å².